The minimum absolute atomic E-state index is 1.11. The van der Waals surface area contributed by atoms with Crippen molar-refractivity contribution < 1.29 is 0 Å². The molecule has 0 fully saturated rings. The van der Waals surface area contributed by atoms with E-state index in [9.17, 15) is 0 Å². The zero-order valence-corrected chi connectivity index (χ0v) is 14.5. The molecule has 14 heavy (non-hydrogen) atoms. The van der Waals surface area contributed by atoms with Crippen LogP contribution in [0.1, 0.15) is 0 Å². The predicted octanol–water partition coefficient (Wildman–Crippen LogP) is 6.53. The quantitative estimate of drug-likeness (QED) is 0.434. The van der Waals surface area contributed by atoms with Crippen LogP contribution in [0.3, 0.4) is 0 Å². The number of thiophene rings is 2. The van der Waals surface area contributed by atoms with Gasteiger partial charge in [0.1, 0.15) is 0 Å². The van der Waals surface area contributed by atoms with Crippen LogP contribution in [0, 0.1) is 0 Å². The van der Waals surface area contributed by atoms with Crippen molar-refractivity contribution in [1.82, 2.24) is 0 Å². The summed E-state index contributed by atoms with van der Waals surface area (Å²) in [5.41, 5.74) is 0. The van der Waals surface area contributed by atoms with Gasteiger partial charge in [0.2, 0.25) is 0 Å². The normalized spacial score (nSPS) is 10.9. The van der Waals surface area contributed by atoms with Crippen LogP contribution in [-0.2, 0) is 0 Å². The summed E-state index contributed by atoms with van der Waals surface area (Å²) in [7, 11) is 0. The molecule has 0 amide bonds. The molecule has 0 atom stereocenters. The summed E-state index contributed by atoms with van der Waals surface area (Å²) in [6.07, 6.45) is 0. The van der Waals surface area contributed by atoms with Crippen molar-refractivity contribution in [3.63, 3.8) is 0 Å². The Morgan fingerprint density at radius 1 is 0.714 bits per heavy atom. The first-order valence-electron chi connectivity index (χ1n) is 3.48. The molecular formula is C8H2Br4S2. The van der Waals surface area contributed by atoms with Crippen molar-refractivity contribution >= 4 is 86.4 Å². The smallest absolute Gasteiger partial charge is 0.0847 e. The molecule has 0 aliphatic carbocycles. The predicted molar refractivity (Wildman–Crippen MR) is 78.4 cm³/mol. The standard InChI is InChI=1S/C8H2Br4S2/c9-3-1-5(13-7(3)11)6-2-4(10)8(12)14-6/h1-2H. The third kappa shape index (κ3) is 2.35. The van der Waals surface area contributed by atoms with Gasteiger partial charge in [-0.3, -0.25) is 0 Å². The van der Waals surface area contributed by atoms with E-state index >= 15 is 0 Å². The van der Waals surface area contributed by atoms with E-state index in [-0.39, 0.29) is 0 Å². The lowest BCUT2D eigenvalue weighted by Crippen LogP contribution is -1.57. The van der Waals surface area contributed by atoms with Gasteiger partial charge in [-0.1, -0.05) is 0 Å². The second kappa shape index (κ2) is 4.67. The zero-order valence-electron chi connectivity index (χ0n) is 6.48. The summed E-state index contributed by atoms with van der Waals surface area (Å²) in [5.74, 6) is 0. The molecule has 0 aliphatic heterocycles. The van der Waals surface area contributed by atoms with Crippen LogP contribution in [0.2, 0.25) is 0 Å². The van der Waals surface area contributed by atoms with Crippen molar-refractivity contribution in [2.24, 2.45) is 0 Å². The number of halogens is 4. The van der Waals surface area contributed by atoms with Crippen LogP contribution < -0.4 is 0 Å². The molecule has 2 rings (SSSR count). The molecule has 0 saturated carbocycles. The SMILES string of the molecule is Brc1cc(-c2cc(Br)c(Br)s2)sc1Br. The molecule has 0 aliphatic rings. The van der Waals surface area contributed by atoms with Crippen LogP contribution in [0.4, 0.5) is 0 Å². The van der Waals surface area contributed by atoms with Crippen LogP contribution >= 0.6 is 86.4 Å². The fourth-order valence-corrected chi connectivity index (χ4v) is 5.08. The Labute approximate surface area is 123 Å². The van der Waals surface area contributed by atoms with Crippen LogP contribution in [0.25, 0.3) is 9.75 Å². The zero-order chi connectivity index (χ0) is 10.3. The molecule has 2 aromatic rings. The maximum absolute atomic E-state index is 3.49. The molecule has 6 heteroatoms. The molecule has 0 bridgehead atoms. The molecule has 0 spiro atoms. The average Bonchev–Trinajstić information content (AvgIpc) is 2.60. The van der Waals surface area contributed by atoms with Gasteiger partial charge in [-0.15, -0.1) is 22.7 Å². The molecule has 0 radical (unpaired) electrons. The molecule has 2 heterocycles. The number of hydrogen-bond donors (Lipinski definition) is 0. The Morgan fingerprint density at radius 3 is 1.29 bits per heavy atom. The monoisotopic (exact) mass is 478 g/mol. The first kappa shape index (κ1) is 11.8. The van der Waals surface area contributed by atoms with Crippen LogP contribution in [0.5, 0.6) is 0 Å². The van der Waals surface area contributed by atoms with Gasteiger partial charge in [0.25, 0.3) is 0 Å². The first-order valence-corrected chi connectivity index (χ1v) is 8.28. The Hall–Kier alpha value is 1.32. The van der Waals surface area contributed by atoms with E-state index in [2.05, 4.69) is 75.9 Å². The van der Waals surface area contributed by atoms with E-state index < -0.39 is 0 Å². The third-order valence-corrected chi connectivity index (χ3v) is 8.24. The maximum atomic E-state index is 3.49. The molecule has 0 N–H and O–H groups in total. The van der Waals surface area contributed by atoms with Crippen LogP contribution in [-0.4, -0.2) is 0 Å². The number of rotatable bonds is 1. The van der Waals surface area contributed by atoms with E-state index in [0.29, 0.717) is 0 Å². The van der Waals surface area contributed by atoms with Gasteiger partial charge < -0.3 is 0 Å². The van der Waals surface area contributed by atoms with Crippen molar-refractivity contribution in [3.05, 3.63) is 28.7 Å². The third-order valence-electron chi connectivity index (χ3n) is 1.53. The van der Waals surface area contributed by atoms with Gasteiger partial charge >= 0.3 is 0 Å². The topological polar surface area (TPSA) is 0 Å². The van der Waals surface area contributed by atoms with E-state index in [1.807, 2.05) is 0 Å². The van der Waals surface area contributed by atoms with Gasteiger partial charge in [0, 0.05) is 18.7 Å². The lowest BCUT2D eigenvalue weighted by Gasteiger charge is -1.86. The van der Waals surface area contributed by atoms with Crippen molar-refractivity contribution in [2.45, 2.75) is 0 Å². The summed E-state index contributed by atoms with van der Waals surface area (Å²) in [6, 6.07) is 4.25. The van der Waals surface area contributed by atoms with E-state index in [0.717, 1.165) is 16.5 Å². The highest BCUT2D eigenvalue weighted by atomic mass is 79.9. The van der Waals surface area contributed by atoms with Gasteiger partial charge in [0.05, 0.1) is 7.57 Å². The highest BCUT2D eigenvalue weighted by Gasteiger charge is 2.10. The minimum Gasteiger partial charge on any atom is -0.126 e. The molecule has 0 aromatic carbocycles. The highest BCUT2D eigenvalue weighted by molar-refractivity contribution is 9.14. The first-order chi connectivity index (χ1) is 6.58. The Balaban J connectivity index is 2.49. The summed E-state index contributed by atoms with van der Waals surface area (Å²) < 4.78 is 4.48. The largest absolute Gasteiger partial charge is 0.126 e. The summed E-state index contributed by atoms with van der Waals surface area (Å²) >= 11 is 17.4. The molecule has 0 unspecified atom stereocenters. The lowest BCUT2D eigenvalue weighted by molar-refractivity contribution is 1.80. The van der Waals surface area contributed by atoms with E-state index in [1.54, 1.807) is 22.7 Å². The fraction of sp³-hybridized carbons (Fsp3) is 0. The number of hydrogen-bond acceptors (Lipinski definition) is 2. The van der Waals surface area contributed by atoms with Gasteiger partial charge in [0.15, 0.2) is 0 Å². The Morgan fingerprint density at radius 2 is 1.07 bits per heavy atom. The fourth-order valence-electron chi connectivity index (χ4n) is 0.936. The van der Waals surface area contributed by atoms with Crippen molar-refractivity contribution in [3.8, 4) is 9.75 Å². The maximum Gasteiger partial charge on any atom is 0.0847 e. The second-order valence-electron chi connectivity index (χ2n) is 2.46. The summed E-state index contributed by atoms with van der Waals surface area (Å²) in [5, 5.41) is 0. The summed E-state index contributed by atoms with van der Waals surface area (Å²) in [6.45, 7) is 0. The van der Waals surface area contributed by atoms with Gasteiger partial charge in [-0.25, -0.2) is 0 Å². The van der Waals surface area contributed by atoms with Gasteiger partial charge in [-0.2, -0.15) is 0 Å². The van der Waals surface area contributed by atoms with E-state index in [1.165, 1.54) is 9.75 Å². The molecule has 74 valence electrons. The minimum atomic E-state index is 1.11. The Kier molecular flexibility index (Phi) is 3.94. The van der Waals surface area contributed by atoms with Crippen molar-refractivity contribution in [1.29, 1.82) is 0 Å². The van der Waals surface area contributed by atoms with Crippen LogP contribution in [0.15, 0.2) is 28.7 Å². The second-order valence-corrected chi connectivity index (χ2v) is 8.91. The van der Waals surface area contributed by atoms with Gasteiger partial charge in [-0.05, 0) is 75.9 Å². The molecular weight excluding hydrogens is 480 g/mol. The summed E-state index contributed by atoms with van der Waals surface area (Å²) in [4.78, 5) is 2.53. The highest BCUT2D eigenvalue weighted by Crippen LogP contribution is 2.44. The lowest BCUT2D eigenvalue weighted by atomic mass is 10.4. The average molecular weight is 482 g/mol. The molecule has 0 nitrogen and oxygen atoms in total. The molecule has 2 aromatic heterocycles. The Bertz CT molecular complexity index is 388. The molecule has 0 saturated heterocycles. The van der Waals surface area contributed by atoms with E-state index in [4.69, 9.17) is 0 Å². The van der Waals surface area contributed by atoms with Crippen molar-refractivity contribution in [2.75, 3.05) is 0 Å².